The molecule has 2 heterocycles. The van der Waals surface area contributed by atoms with E-state index < -0.39 is 15.6 Å². The summed E-state index contributed by atoms with van der Waals surface area (Å²) in [5.74, 6) is 0. The van der Waals surface area contributed by atoms with Crippen LogP contribution in [0.2, 0.25) is 5.02 Å². The largest absolute Gasteiger partial charge is 0.389 e. The van der Waals surface area contributed by atoms with Crippen LogP contribution in [0.25, 0.3) is 0 Å². The summed E-state index contributed by atoms with van der Waals surface area (Å²) >= 11 is 6.06. The maximum Gasteiger partial charge on any atom is 0.243 e. The molecule has 2 aliphatic heterocycles. The number of aryl methyl sites for hydroxylation is 1. The Hall–Kier alpha value is -0.660. The number of likely N-dealkylation sites (tertiary alicyclic amines) is 1. The second kappa shape index (κ2) is 8.12. The number of hydrogen-bond acceptors (Lipinski definition) is 4. The van der Waals surface area contributed by atoms with Crippen molar-refractivity contribution in [1.82, 2.24) is 9.21 Å². The SMILES string of the molecule is Cc1cc(S(=O)(=O)N2CCC3(CC2)CCC(O)(CN2CCCC2)CC3)ccc1Cl. The molecular weight excluding hydrogens is 408 g/mol. The molecule has 0 amide bonds. The van der Waals surface area contributed by atoms with E-state index in [-0.39, 0.29) is 5.41 Å². The highest BCUT2D eigenvalue weighted by atomic mass is 35.5. The van der Waals surface area contributed by atoms with Crippen molar-refractivity contribution in [3.8, 4) is 0 Å². The molecule has 2 saturated heterocycles. The Labute approximate surface area is 180 Å². The van der Waals surface area contributed by atoms with Gasteiger partial charge in [-0.25, -0.2) is 8.42 Å². The molecule has 1 spiro atoms. The fourth-order valence-electron chi connectivity index (χ4n) is 5.39. The van der Waals surface area contributed by atoms with Crippen LogP contribution in [0.5, 0.6) is 0 Å². The summed E-state index contributed by atoms with van der Waals surface area (Å²) in [7, 11) is -3.48. The first kappa shape index (κ1) is 21.6. The third-order valence-corrected chi connectivity index (χ3v) is 9.83. The third kappa shape index (κ3) is 4.52. The molecule has 4 rings (SSSR count). The summed E-state index contributed by atoms with van der Waals surface area (Å²) in [6, 6.07) is 4.94. The van der Waals surface area contributed by atoms with Crippen LogP contribution in [0.1, 0.15) is 56.9 Å². The Morgan fingerprint density at radius 2 is 1.62 bits per heavy atom. The first-order valence-corrected chi connectivity index (χ1v) is 12.7. The van der Waals surface area contributed by atoms with Gasteiger partial charge in [-0.15, -0.1) is 0 Å². The van der Waals surface area contributed by atoms with E-state index in [1.807, 2.05) is 6.92 Å². The van der Waals surface area contributed by atoms with Gasteiger partial charge in [-0.1, -0.05) is 11.6 Å². The number of β-amino-alcohol motifs (C(OH)–C–C–N with tert-alkyl or cyclic N) is 1. The fraction of sp³-hybridized carbons (Fsp3) is 0.727. The number of nitrogens with zero attached hydrogens (tertiary/aromatic N) is 2. The Morgan fingerprint density at radius 3 is 2.21 bits per heavy atom. The zero-order valence-electron chi connectivity index (χ0n) is 17.4. The van der Waals surface area contributed by atoms with Crippen LogP contribution in [0.4, 0.5) is 0 Å². The average molecular weight is 441 g/mol. The minimum Gasteiger partial charge on any atom is -0.389 e. The van der Waals surface area contributed by atoms with Crippen molar-refractivity contribution in [3.63, 3.8) is 0 Å². The van der Waals surface area contributed by atoms with E-state index in [1.165, 1.54) is 12.8 Å². The average Bonchev–Trinajstić information content (AvgIpc) is 3.20. The van der Waals surface area contributed by atoms with Crippen LogP contribution >= 0.6 is 11.6 Å². The summed E-state index contributed by atoms with van der Waals surface area (Å²) in [4.78, 5) is 2.74. The van der Waals surface area contributed by atoms with Gasteiger partial charge in [0.1, 0.15) is 0 Å². The van der Waals surface area contributed by atoms with Gasteiger partial charge < -0.3 is 10.0 Å². The quantitative estimate of drug-likeness (QED) is 0.773. The van der Waals surface area contributed by atoms with Crippen LogP contribution in [-0.2, 0) is 10.0 Å². The lowest BCUT2D eigenvalue weighted by molar-refractivity contribution is -0.0625. The molecule has 162 valence electrons. The standard InChI is InChI=1S/C22H33ClN2O3S/c1-18-16-19(4-5-20(18)23)29(27,28)25-14-10-21(11-15-25)6-8-22(26,9-7-21)17-24-12-2-3-13-24/h4-5,16,26H,2-3,6-15,17H2,1H3. The van der Waals surface area contributed by atoms with E-state index in [4.69, 9.17) is 11.6 Å². The van der Waals surface area contributed by atoms with E-state index in [0.29, 0.717) is 23.0 Å². The van der Waals surface area contributed by atoms with Crippen molar-refractivity contribution in [3.05, 3.63) is 28.8 Å². The van der Waals surface area contributed by atoms with Crippen molar-refractivity contribution < 1.29 is 13.5 Å². The zero-order chi connectivity index (χ0) is 20.7. The summed E-state index contributed by atoms with van der Waals surface area (Å²) < 4.78 is 27.7. The number of aliphatic hydroxyl groups is 1. The summed E-state index contributed by atoms with van der Waals surface area (Å²) in [6.45, 7) is 6.00. The highest BCUT2D eigenvalue weighted by Gasteiger charge is 2.45. The molecule has 5 nitrogen and oxygen atoms in total. The van der Waals surface area contributed by atoms with Crippen LogP contribution in [0, 0.1) is 12.3 Å². The topological polar surface area (TPSA) is 60.9 Å². The van der Waals surface area contributed by atoms with Crippen LogP contribution < -0.4 is 0 Å². The third-order valence-electron chi connectivity index (χ3n) is 7.51. The van der Waals surface area contributed by atoms with Crippen LogP contribution in [-0.4, -0.2) is 61.1 Å². The van der Waals surface area contributed by atoms with Gasteiger partial charge in [0.25, 0.3) is 0 Å². The Balaban J connectivity index is 1.36. The lowest BCUT2D eigenvalue weighted by atomic mass is 9.64. The van der Waals surface area contributed by atoms with Gasteiger partial charge in [0.2, 0.25) is 10.0 Å². The van der Waals surface area contributed by atoms with Gasteiger partial charge in [-0.2, -0.15) is 4.31 Å². The molecule has 0 bridgehead atoms. The lowest BCUT2D eigenvalue weighted by Crippen LogP contribution is -2.50. The second-order valence-corrected chi connectivity index (χ2v) is 11.9. The van der Waals surface area contributed by atoms with Crippen molar-refractivity contribution in [2.75, 3.05) is 32.7 Å². The predicted molar refractivity (Wildman–Crippen MR) is 116 cm³/mol. The number of hydrogen-bond donors (Lipinski definition) is 1. The van der Waals surface area contributed by atoms with E-state index in [2.05, 4.69) is 4.90 Å². The van der Waals surface area contributed by atoms with Gasteiger partial charge >= 0.3 is 0 Å². The number of halogens is 1. The Morgan fingerprint density at radius 1 is 1.00 bits per heavy atom. The first-order valence-electron chi connectivity index (χ1n) is 10.9. The molecule has 3 aliphatic rings. The zero-order valence-corrected chi connectivity index (χ0v) is 18.9. The molecule has 1 N–H and O–H groups in total. The summed E-state index contributed by atoms with van der Waals surface area (Å²) in [6.07, 6.45) is 7.96. The molecule has 1 saturated carbocycles. The smallest absolute Gasteiger partial charge is 0.243 e. The van der Waals surface area contributed by atoms with E-state index >= 15 is 0 Å². The van der Waals surface area contributed by atoms with Gasteiger partial charge in [-0.05, 0) is 101 Å². The predicted octanol–water partition coefficient (Wildman–Crippen LogP) is 3.82. The van der Waals surface area contributed by atoms with Crippen molar-refractivity contribution in [1.29, 1.82) is 0 Å². The van der Waals surface area contributed by atoms with Crippen LogP contribution in [0.3, 0.4) is 0 Å². The molecule has 0 unspecified atom stereocenters. The minimum absolute atomic E-state index is 0.194. The molecular formula is C22H33ClN2O3S. The second-order valence-electron chi connectivity index (χ2n) is 9.52. The van der Waals surface area contributed by atoms with E-state index in [9.17, 15) is 13.5 Å². The summed E-state index contributed by atoms with van der Waals surface area (Å²) in [5, 5.41) is 11.7. The molecule has 1 aliphatic carbocycles. The fourth-order valence-corrected chi connectivity index (χ4v) is 7.03. The highest BCUT2D eigenvalue weighted by molar-refractivity contribution is 7.89. The Bertz CT molecular complexity index is 834. The van der Waals surface area contributed by atoms with Crippen molar-refractivity contribution >= 4 is 21.6 Å². The molecule has 29 heavy (non-hydrogen) atoms. The number of rotatable bonds is 4. The molecule has 1 aromatic rings. The van der Waals surface area contributed by atoms with Gasteiger partial charge in [0.15, 0.2) is 0 Å². The van der Waals surface area contributed by atoms with Crippen molar-refractivity contribution in [2.45, 2.75) is 68.8 Å². The first-order chi connectivity index (χ1) is 13.7. The highest BCUT2D eigenvalue weighted by Crippen LogP contribution is 2.48. The molecule has 0 aromatic heterocycles. The monoisotopic (exact) mass is 440 g/mol. The van der Waals surface area contributed by atoms with Crippen molar-refractivity contribution in [2.24, 2.45) is 5.41 Å². The van der Waals surface area contributed by atoms with Gasteiger partial charge in [0, 0.05) is 24.7 Å². The number of sulfonamides is 1. The molecule has 1 aromatic carbocycles. The number of piperidine rings is 1. The van der Waals surface area contributed by atoms with E-state index in [1.54, 1.807) is 22.5 Å². The molecule has 3 fully saturated rings. The lowest BCUT2D eigenvalue weighted by Gasteiger charge is -2.48. The summed E-state index contributed by atoms with van der Waals surface area (Å²) in [5.41, 5.74) is 0.421. The Kier molecular flexibility index (Phi) is 6.04. The van der Waals surface area contributed by atoms with E-state index in [0.717, 1.165) is 63.7 Å². The maximum absolute atomic E-state index is 13.1. The minimum atomic E-state index is -3.48. The molecule has 7 heteroatoms. The number of benzene rings is 1. The van der Waals surface area contributed by atoms with Crippen LogP contribution in [0.15, 0.2) is 23.1 Å². The maximum atomic E-state index is 13.1. The molecule has 0 atom stereocenters. The normalized spacial score (nSPS) is 25.5. The van der Waals surface area contributed by atoms with Gasteiger partial charge in [-0.3, -0.25) is 0 Å². The molecule has 0 radical (unpaired) electrons. The van der Waals surface area contributed by atoms with Gasteiger partial charge in [0.05, 0.1) is 10.5 Å².